The number of amides is 1. The van der Waals surface area contributed by atoms with Gasteiger partial charge < -0.3 is 5.32 Å². The summed E-state index contributed by atoms with van der Waals surface area (Å²) in [4.78, 5) is 11.3. The predicted molar refractivity (Wildman–Crippen MR) is 47.8 cm³/mol. The molecule has 0 saturated heterocycles. The molecule has 1 aromatic carbocycles. The Morgan fingerprint density at radius 1 is 1.46 bits per heavy atom. The summed E-state index contributed by atoms with van der Waals surface area (Å²) in [7, 11) is 0. The molecule has 0 unspecified atom stereocenters. The Labute approximate surface area is 75.8 Å². The van der Waals surface area contributed by atoms with Crippen molar-refractivity contribution in [3.05, 3.63) is 30.1 Å². The van der Waals surface area contributed by atoms with Gasteiger partial charge in [-0.2, -0.15) is 0 Å². The lowest BCUT2D eigenvalue weighted by molar-refractivity contribution is -0.117. The van der Waals surface area contributed by atoms with E-state index in [4.69, 9.17) is 0 Å². The molecule has 1 aliphatic carbocycles. The highest BCUT2D eigenvalue weighted by atomic mass is 19.1. The average Bonchev–Trinajstić information content (AvgIpc) is 2.85. The van der Waals surface area contributed by atoms with Crippen LogP contribution in [0.25, 0.3) is 0 Å². The van der Waals surface area contributed by atoms with Crippen LogP contribution in [-0.2, 0) is 4.79 Å². The molecule has 0 bridgehead atoms. The van der Waals surface area contributed by atoms with Crippen LogP contribution in [0.15, 0.2) is 24.3 Å². The quantitative estimate of drug-likeness (QED) is 0.740. The summed E-state index contributed by atoms with van der Waals surface area (Å²) in [6.45, 7) is 0. The van der Waals surface area contributed by atoms with Crippen molar-refractivity contribution >= 4 is 11.6 Å². The highest BCUT2D eigenvalue weighted by molar-refractivity contribution is 5.93. The molecule has 3 heteroatoms. The number of carbonyl (C=O) groups excluding carboxylic acids is 1. The van der Waals surface area contributed by atoms with Crippen LogP contribution in [0.3, 0.4) is 0 Å². The largest absolute Gasteiger partial charge is 0.326 e. The van der Waals surface area contributed by atoms with E-state index in [-0.39, 0.29) is 17.6 Å². The van der Waals surface area contributed by atoms with Gasteiger partial charge >= 0.3 is 0 Å². The summed E-state index contributed by atoms with van der Waals surface area (Å²) < 4.78 is 12.7. The van der Waals surface area contributed by atoms with Crippen LogP contribution in [0.5, 0.6) is 0 Å². The minimum atomic E-state index is -0.325. The number of benzene rings is 1. The summed E-state index contributed by atoms with van der Waals surface area (Å²) in [6.07, 6.45) is 1.92. The Hall–Kier alpha value is -1.38. The van der Waals surface area contributed by atoms with Crippen LogP contribution in [0.2, 0.25) is 0 Å². The van der Waals surface area contributed by atoms with Crippen molar-refractivity contribution in [3.8, 4) is 0 Å². The number of hydrogen-bond donors (Lipinski definition) is 1. The number of rotatable bonds is 2. The van der Waals surface area contributed by atoms with E-state index in [1.165, 1.54) is 12.1 Å². The number of halogens is 1. The molecule has 1 fully saturated rings. The third-order valence-corrected chi connectivity index (χ3v) is 2.04. The minimum Gasteiger partial charge on any atom is -0.326 e. The highest BCUT2D eigenvalue weighted by Gasteiger charge is 2.29. The van der Waals surface area contributed by atoms with Crippen molar-refractivity contribution in [1.82, 2.24) is 0 Å². The summed E-state index contributed by atoms with van der Waals surface area (Å²) in [5.74, 6) is -0.164. The minimum absolute atomic E-state index is 0.00519. The molecule has 68 valence electrons. The second-order valence-electron chi connectivity index (χ2n) is 3.27. The molecule has 0 spiro atoms. The van der Waals surface area contributed by atoms with Gasteiger partial charge in [0.2, 0.25) is 5.91 Å². The van der Waals surface area contributed by atoms with Gasteiger partial charge in [0.15, 0.2) is 0 Å². The molecule has 2 rings (SSSR count). The molecular weight excluding hydrogens is 169 g/mol. The van der Waals surface area contributed by atoms with E-state index in [1.807, 2.05) is 0 Å². The first-order valence-corrected chi connectivity index (χ1v) is 4.32. The Balaban J connectivity index is 2.04. The lowest BCUT2D eigenvalue weighted by Crippen LogP contribution is -2.13. The molecule has 1 amide bonds. The molecular formula is C10H10FNO. The third-order valence-electron chi connectivity index (χ3n) is 2.04. The van der Waals surface area contributed by atoms with Crippen molar-refractivity contribution in [2.24, 2.45) is 5.92 Å². The summed E-state index contributed by atoms with van der Waals surface area (Å²) in [6, 6.07) is 5.94. The van der Waals surface area contributed by atoms with E-state index in [1.54, 1.807) is 12.1 Å². The van der Waals surface area contributed by atoms with Gasteiger partial charge in [0.1, 0.15) is 5.82 Å². The number of hydrogen-bond acceptors (Lipinski definition) is 1. The van der Waals surface area contributed by atoms with Gasteiger partial charge in [-0.1, -0.05) is 6.07 Å². The molecule has 0 atom stereocenters. The molecule has 0 heterocycles. The van der Waals surface area contributed by atoms with Crippen molar-refractivity contribution in [2.45, 2.75) is 12.8 Å². The standard InChI is InChI=1S/C10H10FNO/c11-8-2-1-3-9(6-8)12-10(13)7-4-5-7/h1-3,6-7H,4-5H2,(H,12,13). The van der Waals surface area contributed by atoms with Gasteiger partial charge in [0.05, 0.1) is 0 Å². The Morgan fingerprint density at radius 3 is 2.85 bits per heavy atom. The lowest BCUT2D eigenvalue weighted by atomic mass is 10.3. The van der Waals surface area contributed by atoms with E-state index in [2.05, 4.69) is 5.32 Å². The van der Waals surface area contributed by atoms with Crippen LogP contribution in [0.4, 0.5) is 10.1 Å². The fraction of sp³-hybridized carbons (Fsp3) is 0.300. The molecule has 1 aliphatic rings. The molecule has 0 aliphatic heterocycles. The van der Waals surface area contributed by atoms with Crippen molar-refractivity contribution < 1.29 is 9.18 Å². The second kappa shape index (κ2) is 3.17. The molecule has 1 aromatic rings. The van der Waals surface area contributed by atoms with Gasteiger partial charge in [0.25, 0.3) is 0 Å². The van der Waals surface area contributed by atoms with Crippen LogP contribution in [0.1, 0.15) is 12.8 Å². The highest BCUT2D eigenvalue weighted by Crippen LogP contribution is 2.30. The first-order chi connectivity index (χ1) is 6.25. The average molecular weight is 179 g/mol. The Morgan fingerprint density at radius 2 is 2.23 bits per heavy atom. The van der Waals surface area contributed by atoms with E-state index >= 15 is 0 Å². The normalized spacial score (nSPS) is 15.5. The summed E-state index contributed by atoms with van der Waals surface area (Å²) >= 11 is 0. The molecule has 0 radical (unpaired) electrons. The smallest absolute Gasteiger partial charge is 0.227 e. The van der Waals surface area contributed by atoms with Crippen molar-refractivity contribution in [1.29, 1.82) is 0 Å². The fourth-order valence-corrected chi connectivity index (χ4v) is 1.16. The molecule has 0 aromatic heterocycles. The van der Waals surface area contributed by atoms with Crippen molar-refractivity contribution in [3.63, 3.8) is 0 Å². The first kappa shape index (κ1) is 8.23. The monoisotopic (exact) mass is 179 g/mol. The number of anilines is 1. The fourth-order valence-electron chi connectivity index (χ4n) is 1.16. The maximum absolute atomic E-state index is 12.7. The van der Waals surface area contributed by atoms with Gasteiger partial charge in [0, 0.05) is 11.6 Å². The SMILES string of the molecule is O=C(Nc1cccc(F)c1)C1CC1. The summed E-state index contributed by atoms with van der Waals surface area (Å²) in [5.41, 5.74) is 0.539. The van der Waals surface area contributed by atoms with Crippen LogP contribution in [-0.4, -0.2) is 5.91 Å². The predicted octanol–water partition coefficient (Wildman–Crippen LogP) is 2.17. The van der Waals surface area contributed by atoms with Crippen molar-refractivity contribution in [2.75, 3.05) is 5.32 Å². The van der Waals surface area contributed by atoms with E-state index in [0.29, 0.717) is 5.69 Å². The molecule has 2 nitrogen and oxygen atoms in total. The number of carbonyl (C=O) groups is 1. The zero-order valence-electron chi connectivity index (χ0n) is 7.09. The molecule has 13 heavy (non-hydrogen) atoms. The van der Waals surface area contributed by atoms with Crippen LogP contribution in [0, 0.1) is 11.7 Å². The summed E-state index contributed by atoms with van der Waals surface area (Å²) in [5, 5.41) is 2.67. The zero-order chi connectivity index (χ0) is 9.26. The topological polar surface area (TPSA) is 29.1 Å². The number of nitrogens with one attached hydrogen (secondary N) is 1. The maximum atomic E-state index is 12.7. The maximum Gasteiger partial charge on any atom is 0.227 e. The van der Waals surface area contributed by atoms with E-state index < -0.39 is 0 Å². The molecule has 1 N–H and O–H groups in total. The van der Waals surface area contributed by atoms with Crippen LogP contribution >= 0.6 is 0 Å². The van der Waals surface area contributed by atoms with Gasteiger partial charge in [-0.15, -0.1) is 0 Å². The Bertz CT molecular complexity index is 333. The van der Waals surface area contributed by atoms with Gasteiger partial charge in [-0.3, -0.25) is 4.79 Å². The lowest BCUT2D eigenvalue weighted by Gasteiger charge is -2.02. The van der Waals surface area contributed by atoms with Crippen LogP contribution < -0.4 is 5.32 Å². The van der Waals surface area contributed by atoms with E-state index in [9.17, 15) is 9.18 Å². The third kappa shape index (κ3) is 2.05. The second-order valence-corrected chi connectivity index (χ2v) is 3.27. The van der Waals surface area contributed by atoms with E-state index in [0.717, 1.165) is 12.8 Å². The molecule has 1 saturated carbocycles. The zero-order valence-corrected chi connectivity index (χ0v) is 7.09. The Kier molecular flexibility index (Phi) is 2.00. The van der Waals surface area contributed by atoms with Gasteiger partial charge in [-0.05, 0) is 31.0 Å². The first-order valence-electron chi connectivity index (χ1n) is 4.32. The van der Waals surface area contributed by atoms with Gasteiger partial charge in [-0.25, -0.2) is 4.39 Å².